The number of hydrogen-bond acceptors (Lipinski definition) is 11. The van der Waals surface area contributed by atoms with Gasteiger partial charge in [0.1, 0.15) is 35.4 Å². The van der Waals surface area contributed by atoms with Crippen LogP contribution in [0.3, 0.4) is 0 Å². The molecule has 3 aromatic rings. The van der Waals surface area contributed by atoms with Gasteiger partial charge in [-0.25, -0.2) is 0 Å². The van der Waals surface area contributed by atoms with Crippen molar-refractivity contribution in [3.63, 3.8) is 0 Å². The zero-order valence-corrected chi connectivity index (χ0v) is 33.3. The molecule has 0 saturated heterocycles. The van der Waals surface area contributed by atoms with E-state index in [1.807, 2.05) is 85.3 Å². The van der Waals surface area contributed by atoms with Gasteiger partial charge in [0, 0.05) is 48.2 Å². The summed E-state index contributed by atoms with van der Waals surface area (Å²) in [7, 11) is 3.24. The van der Waals surface area contributed by atoms with Crippen molar-refractivity contribution in [2.75, 3.05) is 52.8 Å². The zero-order chi connectivity index (χ0) is 37.9. The van der Waals surface area contributed by atoms with Gasteiger partial charge >= 0.3 is 5.97 Å². The SMILES string of the molecule is C.C.COC(CCCOc1ccc(SC)cc1)CC(C)=O.COC(COc1ccc(SC)cc1)CC(C)=O.CSc1ccc(OCCCC(=O)O)cc1. The second-order valence-corrected chi connectivity index (χ2v) is 13.8. The lowest BCUT2D eigenvalue weighted by Gasteiger charge is -2.14. The molecule has 0 heterocycles. The Kier molecular flexibility index (Phi) is 31.6. The second-order valence-electron chi connectivity index (χ2n) is 11.2. The molecule has 53 heavy (non-hydrogen) atoms. The summed E-state index contributed by atoms with van der Waals surface area (Å²) in [5, 5.41) is 8.42. The summed E-state index contributed by atoms with van der Waals surface area (Å²) in [4.78, 5) is 35.8. The number of methoxy groups -OCH3 is 2. The van der Waals surface area contributed by atoms with Crippen molar-refractivity contribution < 1.29 is 43.2 Å². The van der Waals surface area contributed by atoms with E-state index in [9.17, 15) is 14.4 Å². The maximum absolute atomic E-state index is 11.0. The van der Waals surface area contributed by atoms with Crippen LogP contribution in [0.5, 0.6) is 17.2 Å². The molecule has 12 heteroatoms. The molecule has 0 aliphatic rings. The second kappa shape index (κ2) is 32.3. The standard InChI is InChI=1S/C15H22O3S.C13H18O3S.C11H14O3S.2CH4/c1-12(16)11-14(17-2)5-4-10-18-13-6-8-15(19-3)9-7-13;1-10(14)8-12(15-2)9-16-11-4-6-13(17-3)7-5-11;1-15-10-6-4-9(5-7-10)14-8-2-3-11(12)13;;/h6-9,14H,4-5,10-11H2,1-3H3;4-7,12H,8-9H2,1-3H3;4-7H,2-3,8H2,1H3,(H,12,13);2*1H4. The van der Waals surface area contributed by atoms with Gasteiger partial charge in [-0.3, -0.25) is 14.4 Å². The molecule has 0 aliphatic heterocycles. The van der Waals surface area contributed by atoms with Crippen LogP contribution in [0, 0.1) is 0 Å². The topological polar surface area (TPSA) is 118 Å². The van der Waals surface area contributed by atoms with E-state index in [1.165, 1.54) is 14.7 Å². The molecular weight excluding hydrogens is 733 g/mol. The van der Waals surface area contributed by atoms with E-state index in [0.29, 0.717) is 39.1 Å². The Morgan fingerprint density at radius 3 is 1.28 bits per heavy atom. The molecule has 0 bridgehead atoms. The monoisotopic (exact) mass is 794 g/mol. The lowest BCUT2D eigenvalue weighted by molar-refractivity contribution is -0.137. The average Bonchev–Trinajstić information content (AvgIpc) is 3.14. The van der Waals surface area contributed by atoms with Crippen LogP contribution in [0.15, 0.2) is 87.5 Å². The van der Waals surface area contributed by atoms with Crippen LogP contribution in [0.25, 0.3) is 0 Å². The number of ether oxygens (including phenoxy) is 5. The van der Waals surface area contributed by atoms with Gasteiger partial charge in [-0.1, -0.05) is 14.9 Å². The number of rotatable bonds is 22. The number of carbonyl (C=O) groups is 3. The molecule has 0 aliphatic carbocycles. The highest BCUT2D eigenvalue weighted by Gasteiger charge is 2.11. The van der Waals surface area contributed by atoms with Crippen LogP contribution in [-0.4, -0.2) is 87.7 Å². The predicted molar refractivity (Wildman–Crippen MR) is 223 cm³/mol. The Balaban J connectivity index is 0. The average molecular weight is 795 g/mol. The number of aliphatic carboxylic acids is 1. The highest BCUT2D eigenvalue weighted by molar-refractivity contribution is 7.99. The summed E-state index contributed by atoms with van der Waals surface area (Å²) in [5.74, 6) is 1.97. The summed E-state index contributed by atoms with van der Waals surface area (Å²) < 4.78 is 27.1. The van der Waals surface area contributed by atoms with Crippen LogP contribution in [-0.2, 0) is 23.9 Å². The van der Waals surface area contributed by atoms with Crippen LogP contribution < -0.4 is 14.2 Å². The summed E-state index contributed by atoms with van der Waals surface area (Å²) in [6.07, 6.45) is 9.24. The van der Waals surface area contributed by atoms with Crippen molar-refractivity contribution in [3.8, 4) is 17.2 Å². The van der Waals surface area contributed by atoms with E-state index in [-0.39, 0.29) is 45.0 Å². The fourth-order valence-electron chi connectivity index (χ4n) is 4.27. The van der Waals surface area contributed by atoms with E-state index in [0.717, 1.165) is 30.1 Å². The molecule has 0 spiro atoms. The van der Waals surface area contributed by atoms with Crippen molar-refractivity contribution >= 4 is 52.8 Å². The highest BCUT2D eigenvalue weighted by atomic mass is 32.2. The molecule has 0 aromatic heterocycles. The van der Waals surface area contributed by atoms with Gasteiger partial charge in [-0.15, -0.1) is 35.3 Å². The van der Waals surface area contributed by atoms with E-state index in [4.69, 9.17) is 28.8 Å². The Hall–Kier alpha value is -3.16. The van der Waals surface area contributed by atoms with Gasteiger partial charge < -0.3 is 28.8 Å². The molecule has 0 fully saturated rings. The van der Waals surface area contributed by atoms with Crippen LogP contribution >= 0.6 is 35.3 Å². The summed E-state index contributed by atoms with van der Waals surface area (Å²) >= 11 is 5.08. The third-order valence-electron chi connectivity index (χ3n) is 7.05. The van der Waals surface area contributed by atoms with Crippen LogP contribution in [0.2, 0.25) is 0 Å². The molecule has 0 radical (unpaired) electrons. The van der Waals surface area contributed by atoms with E-state index < -0.39 is 5.97 Å². The van der Waals surface area contributed by atoms with E-state index >= 15 is 0 Å². The zero-order valence-electron chi connectivity index (χ0n) is 30.9. The summed E-state index contributed by atoms with van der Waals surface area (Å²) in [6, 6.07) is 23.7. The number of carboxylic acids is 1. The number of carboxylic acid groups (broad SMARTS) is 1. The number of carbonyl (C=O) groups excluding carboxylic acids is 2. The van der Waals surface area contributed by atoms with Gasteiger partial charge in [0.2, 0.25) is 0 Å². The van der Waals surface area contributed by atoms with Crippen LogP contribution in [0.4, 0.5) is 0 Å². The summed E-state index contributed by atoms with van der Waals surface area (Å²) in [6.45, 7) is 4.64. The first-order chi connectivity index (χ1) is 24.5. The molecular formula is C41H62O9S3. The fourth-order valence-corrected chi connectivity index (χ4v) is 5.50. The third-order valence-corrected chi connectivity index (χ3v) is 9.28. The first-order valence-corrected chi connectivity index (χ1v) is 20.3. The molecule has 3 rings (SSSR count). The lowest BCUT2D eigenvalue weighted by atomic mass is 10.1. The molecule has 2 unspecified atom stereocenters. The minimum absolute atomic E-state index is 0. The first-order valence-electron chi connectivity index (χ1n) is 16.6. The normalized spacial score (nSPS) is 11.1. The third kappa shape index (κ3) is 26.3. The van der Waals surface area contributed by atoms with Crippen molar-refractivity contribution in [2.24, 2.45) is 0 Å². The predicted octanol–water partition coefficient (Wildman–Crippen LogP) is 10.3. The minimum atomic E-state index is -0.781. The Morgan fingerprint density at radius 1 is 0.585 bits per heavy atom. The molecule has 0 saturated carbocycles. The van der Waals surface area contributed by atoms with Gasteiger partial charge in [0.15, 0.2) is 0 Å². The number of Topliss-reactive ketones (excluding diaryl/α,β-unsaturated/α-hetero) is 2. The molecule has 2 atom stereocenters. The smallest absolute Gasteiger partial charge is 0.303 e. The molecule has 0 amide bonds. The van der Waals surface area contributed by atoms with Crippen molar-refractivity contribution in [2.45, 2.75) is 94.1 Å². The Morgan fingerprint density at radius 2 is 0.943 bits per heavy atom. The van der Waals surface area contributed by atoms with E-state index in [2.05, 4.69) is 6.26 Å². The van der Waals surface area contributed by atoms with Crippen LogP contribution in [0.1, 0.15) is 67.2 Å². The van der Waals surface area contributed by atoms with Crippen molar-refractivity contribution in [1.29, 1.82) is 0 Å². The molecule has 3 aromatic carbocycles. The van der Waals surface area contributed by atoms with Gasteiger partial charge in [-0.2, -0.15) is 0 Å². The van der Waals surface area contributed by atoms with E-state index in [1.54, 1.807) is 63.4 Å². The van der Waals surface area contributed by atoms with Gasteiger partial charge in [-0.05, 0) is 125 Å². The molecule has 9 nitrogen and oxygen atoms in total. The molecule has 298 valence electrons. The van der Waals surface area contributed by atoms with Crippen molar-refractivity contribution in [1.82, 2.24) is 0 Å². The largest absolute Gasteiger partial charge is 0.494 e. The Bertz CT molecular complexity index is 1370. The maximum Gasteiger partial charge on any atom is 0.303 e. The lowest BCUT2D eigenvalue weighted by Crippen LogP contribution is -2.22. The number of thioether (sulfide) groups is 3. The number of hydrogen-bond donors (Lipinski definition) is 1. The fraction of sp³-hybridized carbons (Fsp3) is 0.488. The quantitative estimate of drug-likeness (QED) is 0.0770. The van der Waals surface area contributed by atoms with Gasteiger partial charge in [0.25, 0.3) is 0 Å². The number of benzene rings is 3. The number of ketones is 2. The minimum Gasteiger partial charge on any atom is -0.494 e. The maximum atomic E-state index is 11.0. The van der Waals surface area contributed by atoms with Gasteiger partial charge in [0.05, 0.1) is 25.4 Å². The molecule has 1 N–H and O–H groups in total. The first kappa shape index (κ1) is 51.9. The van der Waals surface area contributed by atoms with Crippen molar-refractivity contribution in [3.05, 3.63) is 72.8 Å². The summed E-state index contributed by atoms with van der Waals surface area (Å²) in [5.41, 5.74) is 0. The Labute approximate surface area is 331 Å². The highest BCUT2D eigenvalue weighted by Crippen LogP contribution is 2.21.